The van der Waals surface area contributed by atoms with E-state index >= 15 is 0 Å². The van der Waals surface area contributed by atoms with Crippen molar-refractivity contribution in [3.05, 3.63) is 34.4 Å². The summed E-state index contributed by atoms with van der Waals surface area (Å²) in [4.78, 5) is 45.1. The fraction of sp³-hybridized carbons (Fsp3) is 0.167. The lowest BCUT2D eigenvalue weighted by Gasteiger charge is -2.09. The second-order valence-corrected chi connectivity index (χ2v) is 3.54. The van der Waals surface area contributed by atoms with Gasteiger partial charge in [-0.15, -0.1) is 0 Å². The number of rotatable bonds is 4. The Hall–Kier alpha value is -2.90. The molecule has 0 aliphatic heterocycles. The molecule has 0 atom stereocenters. The highest BCUT2D eigenvalue weighted by Gasteiger charge is 2.26. The van der Waals surface area contributed by atoms with E-state index in [0.717, 1.165) is 26.4 Å². The largest absolute Gasteiger partial charge is 0.478 e. The van der Waals surface area contributed by atoms with E-state index in [4.69, 9.17) is 10.2 Å². The van der Waals surface area contributed by atoms with Gasteiger partial charge in [-0.1, -0.05) is 0 Å². The maximum atomic E-state index is 11.5. The Morgan fingerprint density at radius 1 is 0.750 bits per heavy atom. The standard InChI is InChI=1S/C12H10O8/c1-19-11(17)7-3-6(10(15)16)8(12(18)20-2)4-5(7)9(13)14/h3-4H,1-2H3,(H,13,14)(H,15,16). The first kappa shape index (κ1) is 15.2. The van der Waals surface area contributed by atoms with Gasteiger partial charge in [0.2, 0.25) is 0 Å². The molecular formula is C12H10O8. The van der Waals surface area contributed by atoms with Crippen molar-refractivity contribution < 1.29 is 38.9 Å². The Kier molecular flexibility index (Phi) is 4.42. The number of carbonyl (C=O) groups excluding carboxylic acids is 2. The van der Waals surface area contributed by atoms with Crippen molar-refractivity contribution in [2.45, 2.75) is 0 Å². The molecular weight excluding hydrogens is 272 g/mol. The summed E-state index contributed by atoms with van der Waals surface area (Å²) in [5, 5.41) is 18.0. The Balaban J connectivity index is 3.68. The second kappa shape index (κ2) is 5.83. The first-order chi connectivity index (χ1) is 9.33. The SMILES string of the molecule is COC(=O)c1cc(C(=O)O)c(C(=O)OC)cc1C(=O)O. The molecule has 0 unspecified atom stereocenters. The van der Waals surface area contributed by atoms with Crippen LogP contribution in [0.15, 0.2) is 12.1 Å². The molecule has 0 aliphatic carbocycles. The summed E-state index contributed by atoms with van der Waals surface area (Å²) in [5.41, 5.74) is -2.04. The molecule has 20 heavy (non-hydrogen) atoms. The van der Waals surface area contributed by atoms with E-state index in [9.17, 15) is 19.2 Å². The number of hydrogen-bond acceptors (Lipinski definition) is 6. The Morgan fingerprint density at radius 2 is 1.05 bits per heavy atom. The smallest absolute Gasteiger partial charge is 0.338 e. The molecule has 0 bridgehead atoms. The third-order valence-electron chi connectivity index (χ3n) is 2.43. The van der Waals surface area contributed by atoms with Crippen molar-refractivity contribution in [2.75, 3.05) is 14.2 Å². The molecule has 0 aromatic heterocycles. The number of aromatic carboxylic acids is 2. The normalized spacial score (nSPS) is 9.70. The van der Waals surface area contributed by atoms with Crippen molar-refractivity contribution in [3.63, 3.8) is 0 Å². The lowest BCUT2D eigenvalue weighted by molar-refractivity contribution is 0.0568. The van der Waals surface area contributed by atoms with Crippen LogP contribution in [0.3, 0.4) is 0 Å². The van der Waals surface area contributed by atoms with Crippen LogP contribution in [0.2, 0.25) is 0 Å². The van der Waals surface area contributed by atoms with Crippen molar-refractivity contribution in [3.8, 4) is 0 Å². The van der Waals surface area contributed by atoms with Crippen LogP contribution < -0.4 is 0 Å². The zero-order valence-corrected chi connectivity index (χ0v) is 10.5. The fourth-order valence-electron chi connectivity index (χ4n) is 1.51. The predicted octanol–water partition coefficient (Wildman–Crippen LogP) is 0.656. The molecule has 0 spiro atoms. The first-order valence-electron chi connectivity index (χ1n) is 5.14. The van der Waals surface area contributed by atoms with E-state index in [-0.39, 0.29) is 0 Å². The van der Waals surface area contributed by atoms with Gasteiger partial charge in [-0.25, -0.2) is 19.2 Å². The minimum Gasteiger partial charge on any atom is -0.478 e. The molecule has 0 saturated heterocycles. The van der Waals surface area contributed by atoms with E-state index in [1.807, 2.05) is 0 Å². The molecule has 0 heterocycles. The van der Waals surface area contributed by atoms with Crippen LogP contribution in [0.1, 0.15) is 41.4 Å². The fourth-order valence-corrected chi connectivity index (χ4v) is 1.51. The Morgan fingerprint density at radius 3 is 1.25 bits per heavy atom. The second-order valence-electron chi connectivity index (χ2n) is 3.54. The van der Waals surface area contributed by atoms with Crippen molar-refractivity contribution in [2.24, 2.45) is 0 Å². The van der Waals surface area contributed by atoms with E-state index in [2.05, 4.69) is 9.47 Å². The first-order valence-corrected chi connectivity index (χ1v) is 5.14. The highest BCUT2D eigenvalue weighted by atomic mass is 16.5. The van der Waals surface area contributed by atoms with Gasteiger partial charge in [-0.2, -0.15) is 0 Å². The molecule has 2 N–H and O–H groups in total. The molecule has 0 fully saturated rings. The highest BCUT2D eigenvalue weighted by molar-refractivity contribution is 6.09. The summed E-state index contributed by atoms with van der Waals surface area (Å²) < 4.78 is 8.75. The monoisotopic (exact) mass is 282 g/mol. The van der Waals surface area contributed by atoms with Gasteiger partial charge in [0.1, 0.15) is 0 Å². The maximum absolute atomic E-state index is 11.5. The average molecular weight is 282 g/mol. The molecule has 0 amide bonds. The van der Waals surface area contributed by atoms with Crippen LogP contribution in [0.25, 0.3) is 0 Å². The number of carboxylic acids is 2. The van der Waals surface area contributed by atoms with Gasteiger partial charge in [-0.3, -0.25) is 0 Å². The van der Waals surface area contributed by atoms with Gasteiger partial charge >= 0.3 is 23.9 Å². The molecule has 1 aromatic rings. The lowest BCUT2D eigenvalue weighted by Crippen LogP contribution is -2.17. The summed E-state index contributed by atoms with van der Waals surface area (Å²) in [6.45, 7) is 0. The molecule has 0 radical (unpaired) electrons. The number of esters is 2. The van der Waals surface area contributed by atoms with Gasteiger partial charge in [0, 0.05) is 0 Å². The number of methoxy groups -OCH3 is 2. The van der Waals surface area contributed by atoms with Gasteiger partial charge in [-0.05, 0) is 12.1 Å². The van der Waals surface area contributed by atoms with Gasteiger partial charge in [0.05, 0.1) is 36.5 Å². The topological polar surface area (TPSA) is 127 Å². The van der Waals surface area contributed by atoms with E-state index < -0.39 is 46.1 Å². The van der Waals surface area contributed by atoms with Gasteiger partial charge in [0.25, 0.3) is 0 Å². The number of ether oxygens (including phenoxy) is 2. The summed E-state index contributed by atoms with van der Waals surface area (Å²) in [5.74, 6) is -5.07. The zero-order valence-electron chi connectivity index (χ0n) is 10.5. The molecule has 0 aliphatic rings. The van der Waals surface area contributed by atoms with E-state index in [0.29, 0.717) is 0 Å². The molecule has 8 nitrogen and oxygen atoms in total. The third kappa shape index (κ3) is 2.74. The molecule has 1 aromatic carbocycles. The van der Waals surface area contributed by atoms with Crippen molar-refractivity contribution >= 4 is 23.9 Å². The van der Waals surface area contributed by atoms with Crippen LogP contribution >= 0.6 is 0 Å². The van der Waals surface area contributed by atoms with E-state index in [1.165, 1.54) is 0 Å². The van der Waals surface area contributed by atoms with Crippen LogP contribution in [-0.2, 0) is 9.47 Å². The summed E-state index contributed by atoms with van der Waals surface area (Å²) in [7, 11) is 2.03. The maximum Gasteiger partial charge on any atom is 0.338 e. The number of carboxylic acid groups (broad SMARTS) is 2. The van der Waals surface area contributed by atoms with Gasteiger partial charge in [0.15, 0.2) is 0 Å². The van der Waals surface area contributed by atoms with Gasteiger partial charge < -0.3 is 19.7 Å². The highest BCUT2D eigenvalue weighted by Crippen LogP contribution is 2.20. The van der Waals surface area contributed by atoms with Crippen LogP contribution in [0.4, 0.5) is 0 Å². The zero-order chi connectivity index (χ0) is 15.4. The predicted molar refractivity (Wildman–Crippen MR) is 63.0 cm³/mol. The number of benzene rings is 1. The van der Waals surface area contributed by atoms with Crippen molar-refractivity contribution in [1.29, 1.82) is 0 Å². The molecule has 106 valence electrons. The Labute approximate surface area is 112 Å². The summed E-state index contributed by atoms with van der Waals surface area (Å²) in [6.07, 6.45) is 0. The summed E-state index contributed by atoms with van der Waals surface area (Å²) in [6, 6.07) is 1.54. The minimum atomic E-state index is -1.51. The number of hydrogen-bond donors (Lipinski definition) is 2. The minimum absolute atomic E-state index is 0.468. The lowest BCUT2D eigenvalue weighted by atomic mass is 9.98. The van der Waals surface area contributed by atoms with Crippen LogP contribution in [-0.4, -0.2) is 48.3 Å². The average Bonchev–Trinajstić information content (AvgIpc) is 2.43. The van der Waals surface area contributed by atoms with E-state index in [1.54, 1.807) is 0 Å². The quantitative estimate of drug-likeness (QED) is 0.771. The number of carbonyl (C=O) groups is 4. The molecule has 0 saturated carbocycles. The van der Waals surface area contributed by atoms with Crippen LogP contribution in [0.5, 0.6) is 0 Å². The third-order valence-corrected chi connectivity index (χ3v) is 2.43. The van der Waals surface area contributed by atoms with Crippen molar-refractivity contribution in [1.82, 2.24) is 0 Å². The molecule has 8 heteroatoms. The van der Waals surface area contributed by atoms with Crippen LogP contribution in [0, 0.1) is 0 Å². The Bertz CT molecular complexity index is 548. The molecule has 1 rings (SSSR count). The summed E-state index contributed by atoms with van der Waals surface area (Å²) >= 11 is 0.